The maximum absolute atomic E-state index is 13.6. The number of aromatic amines is 4. The zero-order chi connectivity index (χ0) is 39.6. The molecule has 1 amide bonds. The van der Waals surface area contributed by atoms with Crippen molar-refractivity contribution in [2.45, 2.75) is 67.7 Å². The van der Waals surface area contributed by atoms with Crippen molar-refractivity contribution in [3.63, 3.8) is 0 Å². The molecule has 5 N–H and O–H groups in total. The number of H-pyrrole nitrogens is 4. The Balaban J connectivity index is 1.51. The second kappa shape index (κ2) is 13.7. The summed E-state index contributed by atoms with van der Waals surface area (Å²) in [6.45, 7) is 19.3. The van der Waals surface area contributed by atoms with Crippen LogP contribution < -0.4 is 26.3 Å². The quantitative estimate of drug-likeness (QED) is 0.126. The van der Waals surface area contributed by atoms with Crippen LogP contribution in [0.2, 0.25) is 0 Å². The minimum atomic E-state index is -1.09. The van der Waals surface area contributed by atoms with Gasteiger partial charge in [0, 0.05) is 44.3 Å². The minimum Gasteiger partial charge on any atom is -0.464 e. The monoisotopic (exact) mass is 739 g/mol. The van der Waals surface area contributed by atoms with Gasteiger partial charge in [-0.25, -0.2) is 9.69 Å². The molecule has 7 aromatic rings. The number of aromatic nitrogens is 4. The highest BCUT2D eigenvalue weighted by molar-refractivity contribution is 6.01. The van der Waals surface area contributed by atoms with Gasteiger partial charge in [-0.05, 0) is 153 Å². The molecule has 7 nitrogen and oxygen atoms in total. The first-order valence-corrected chi connectivity index (χ1v) is 19.2. The molecule has 0 unspecified atom stereocenters. The molecule has 7 heteroatoms. The first-order valence-electron chi connectivity index (χ1n) is 19.2. The number of carbonyl (C=O) groups is 1. The topological polar surface area (TPSA) is 104 Å². The van der Waals surface area contributed by atoms with Crippen molar-refractivity contribution in [1.29, 1.82) is 0 Å². The summed E-state index contributed by atoms with van der Waals surface area (Å²) in [6.07, 6.45) is 1.05. The molecule has 0 fully saturated rings. The summed E-state index contributed by atoms with van der Waals surface area (Å²) in [7, 11) is 0. The molecular weight excluding hydrogens is 691 g/mol. The Labute approximate surface area is 327 Å². The van der Waals surface area contributed by atoms with Crippen molar-refractivity contribution >= 4 is 34.7 Å². The average Bonchev–Trinajstić information content (AvgIpc) is 3.95. The highest BCUT2D eigenvalue weighted by Crippen LogP contribution is 2.33. The molecule has 0 atom stereocenters. The summed E-state index contributed by atoms with van der Waals surface area (Å²) in [5.74, 6) is 0. The van der Waals surface area contributed by atoms with Gasteiger partial charge in [0.25, 0.3) is 0 Å². The minimum absolute atomic E-state index is 0.0888. The summed E-state index contributed by atoms with van der Waals surface area (Å²) in [5.41, 5.74) is 16.8. The molecule has 8 rings (SSSR count). The number of hydrogen-bond acceptors (Lipinski definition) is 1. The van der Waals surface area contributed by atoms with Crippen LogP contribution in [0, 0.1) is 41.5 Å². The molecule has 0 saturated carbocycles. The molecule has 4 aromatic heterocycles. The van der Waals surface area contributed by atoms with E-state index in [-0.39, 0.29) is 5.41 Å². The second-order valence-corrected chi connectivity index (χ2v) is 16.4. The third-order valence-electron chi connectivity index (χ3n) is 10.9. The maximum atomic E-state index is 13.6. The summed E-state index contributed by atoms with van der Waals surface area (Å²) < 4.78 is 0. The Hall–Kier alpha value is -6.47. The number of nitrogens with one attached hydrogen (secondary N) is 4. The number of anilines is 1. The van der Waals surface area contributed by atoms with Gasteiger partial charge in [-0.2, -0.15) is 0 Å². The Bertz CT molecular complexity index is 2890. The highest BCUT2D eigenvalue weighted by Gasteiger charge is 2.26. The van der Waals surface area contributed by atoms with E-state index in [4.69, 9.17) is 0 Å². The van der Waals surface area contributed by atoms with Gasteiger partial charge in [-0.3, -0.25) is 0 Å². The van der Waals surface area contributed by atoms with Crippen LogP contribution in [0.5, 0.6) is 0 Å². The van der Waals surface area contributed by atoms with Crippen molar-refractivity contribution in [3.05, 3.63) is 191 Å². The van der Waals surface area contributed by atoms with Crippen LogP contribution >= 0.6 is 0 Å². The lowest BCUT2D eigenvalue weighted by Gasteiger charge is -2.24. The number of rotatable bonds is 4. The van der Waals surface area contributed by atoms with E-state index in [9.17, 15) is 9.90 Å². The summed E-state index contributed by atoms with van der Waals surface area (Å²) in [4.78, 5) is 29.9. The van der Waals surface area contributed by atoms with E-state index in [0.29, 0.717) is 22.4 Å². The second-order valence-electron chi connectivity index (χ2n) is 16.4. The van der Waals surface area contributed by atoms with Gasteiger partial charge in [0.05, 0.1) is 22.4 Å². The summed E-state index contributed by atoms with van der Waals surface area (Å²) in [6, 6.07) is 33.3. The van der Waals surface area contributed by atoms with Crippen LogP contribution in [-0.4, -0.2) is 31.1 Å². The van der Waals surface area contributed by atoms with E-state index in [0.717, 1.165) is 83.2 Å². The molecule has 0 radical (unpaired) electrons. The molecule has 0 spiro atoms. The number of aryl methyl sites for hydroxylation is 6. The van der Waals surface area contributed by atoms with Crippen LogP contribution in [0.4, 0.5) is 10.5 Å². The standard InChI is InChI=1S/C49H49N5O2/c1-27-22-29(3)43(30(4)23-27)45-37-16-12-34(50-37)26-35-13-17-38(51-35)46(44-31(5)24-28(2)25-32(44)6)40-19-21-42(53-40)47(41-20-18-39(45)52-41)54(48(55)56)36-14-10-33(11-15-36)49(7,8)9/h10-26,50-53H,1-9H3,(H,55,56). The smallest absolute Gasteiger partial charge is 0.416 e. The Morgan fingerprint density at radius 3 is 1.62 bits per heavy atom. The van der Waals surface area contributed by atoms with Crippen molar-refractivity contribution < 1.29 is 9.90 Å². The highest BCUT2D eigenvalue weighted by atomic mass is 16.4. The van der Waals surface area contributed by atoms with Crippen molar-refractivity contribution in [2.24, 2.45) is 0 Å². The molecular formula is C49H49N5O2. The van der Waals surface area contributed by atoms with E-state index in [2.05, 4.69) is 149 Å². The number of carboxylic acid groups (broad SMARTS) is 1. The fourth-order valence-corrected chi connectivity index (χ4v) is 8.62. The van der Waals surface area contributed by atoms with E-state index in [1.54, 1.807) is 0 Å². The number of fused-ring (bicyclic) bond motifs is 8. The molecule has 56 heavy (non-hydrogen) atoms. The van der Waals surface area contributed by atoms with E-state index >= 15 is 0 Å². The van der Waals surface area contributed by atoms with Crippen LogP contribution in [0.3, 0.4) is 0 Å². The third kappa shape index (κ3) is 6.53. The van der Waals surface area contributed by atoms with Crippen LogP contribution in [0.25, 0.3) is 22.9 Å². The number of nitrogens with zero attached hydrogens (tertiary/aromatic N) is 1. The van der Waals surface area contributed by atoms with Crippen molar-refractivity contribution in [2.75, 3.05) is 4.90 Å². The molecule has 0 aliphatic carbocycles. The molecule has 3 aromatic carbocycles. The maximum Gasteiger partial charge on any atom is 0.416 e. The SMILES string of the molecule is Cc1cc(C)c(C2=c3ccc([nH]3)=Cc3ccc([nH]3)C(c3c(C)cc(C)cc3C)=c3ccc([nH]3)=C(N(C(=O)O)c3ccc(C(C)(C)C)cc3)c3ccc2[nH]3)c(C)c1. The molecule has 8 bridgehead atoms. The Morgan fingerprint density at radius 2 is 1.05 bits per heavy atom. The first kappa shape index (κ1) is 36.5. The molecule has 1 aliphatic heterocycles. The number of hydrogen-bond donors (Lipinski definition) is 5. The van der Waals surface area contributed by atoms with Crippen LogP contribution in [-0.2, 0) is 5.41 Å². The Kier molecular flexibility index (Phi) is 8.92. The number of benzene rings is 3. The fraction of sp³-hybridized carbons (Fsp3) is 0.204. The summed E-state index contributed by atoms with van der Waals surface area (Å²) >= 11 is 0. The van der Waals surface area contributed by atoms with E-state index in [1.165, 1.54) is 16.0 Å². The fourth-order valence-electron chi connectivity index (χ4n) is 8.62. The van der Waals surface area contributed by atoms with Crippen molar-refractivity contribution in [1.82, 2.24) is 19.9 Å². The first-order chi connectivity index (χ1) is 26.7. The summed E-state index contributed by atoms with van der Waals surface area (Å²) in [5, 5.41) is 14.6. The molecule has 1 aliphatic rings. The predicted octanol–water partition coefficient (Wildman–Crippen LogP) is 8.12. The van der Waals surface area contributed by atoms with Gasteiger partial charge in [0.1, 0.15) is 0 Å². The lowest BCUT2D eigenvalue weighted by atomic mass is 9.87. The lowest BCUT2D eigenvalue weighted by Crippen LogP contribution is -2.34. The van der Waals surface area contributed by atoms with E-state index < -0.39 is 6.09 Å². The number of amides is 1. The van der Waals surface area contributed by atoms with Gasteiger partial charge in [0.2, 0.25) is 0 Å². The zero-order valence-electron chi connectivity index (χ0n) is 33.6. The lowest BCUT2D eigenvalue weighted by molar-refractivity contribution is 0.205. The van der Waals surface area contributed by atoms with Gasteiger partial charge in [-0.1, -0.05) is 68.3 Å². The van der Waals surface area contributed by atoms with Gasteiger partial charge in [-0.15, -0.1) is 0 Å². The zero-order valence-corrected chi connectivity index (χ0v) is 33.6. The van der Waals surface area contributed by atoms with Gasteiger partial charge >= 0.3 is 6.09 Å². The average molecular weight is 740 g/mol. The third-order valence-corrected chi connectivity index (χ3v) is 10.9. The largest absolute Gasteiger partial charge is 0.464 e. The van der Waals surface area contributed by atoms with Crippen molar-refractivity contribution in [3.8, 4) is 0 Å². The molecule has 282 valence electrons. The normalized spacial score (nSPS) is 12.9. The molecule has 0 saturated heterocycles. The van der Waals surface area contributed by atoms with Crippen LogP contribution in [0.1, 0.15) is 93.6 Å². The predicted molar refractivity (Wildman–Crippen MR) is 228 cm³/mol. The van der Waals surface area contributed by atoms with Crippen LogP contribution in [0.15, 0.2) is 97.1 Å². The molecule has 5 heterocycles. The van der Waals surface area contributed by atoms with E-state index in [1.807, 2.05) is 36.4 Å². The van der Waals surface area contributed by atoms with Gasteiger partial charge in [0.15, 0.2) is 0 Å². The van der Waals surface area contributed by atoms with Gasteiger partial charge < -0.3 is 25.0 Å². The Morgan fingerprint density at radius 1 is 0.554 bits per heavy atom.